The summed E-state index contributed by atoms with van der Waals surface area (Å²) in [5.74, 6) is -0.842. The molecule has 0 aliphatic carbocycles. The molecule has 0 fully saturated rings. The van der Waals surface area contributed by atoms with E-state index in [4.69, 9.17) is 5.11 Å². The summed E-state index contributed by atoms with van der Waals surface area (Å²) < 4.78 is 13.0. The number of rotatable bonds is 6. The lowest BCUT2D eigenvalue weighted by Gasteiger charge is -2.25. The van der Waals surface area contributed by atoms with Gasteiger partial charge in [0.1, 0.15) is 11.6 Å². The first-order chi connectivity index (χ1) is 10.5. The number of hydrogen-bond donors (Lipinski definition) is 2. The van der Waals surface area contributed by atoms with Gasteiger partial charge in [-0.2, -0.15) is 0 Å². The number of nitrogens with one attached hydrogen (secondary N) is 1. The number of benzene rings is 1. The number of pyridine rings is 1. The summed E-state index contributed by atoms with van der Waals surface area (Å²) in [6, 6.07) is 11.1. The van der Waals surface area contributed by atoms with Gasteiger partial charge in [0.2, 0.25) is 0 Å². The van der Waals surface area contributed by atoms with E-state index >= 15 is 0 Å². The summed E-state index contributed by atoms with van der Waals surface area (Å²) in [6.07, 6.45) is 0. The van der Waals surface area contributed by atoms with Crippen LogP contribution < -0.4 is 5.32 Å². The van der Waals surface area contributed by atoms with E-state index in [0.717, 1.165) is 5.56 Å². The summed E-state index contributed by atoms with van der Waals surface area (Å²) in [6.45, 7) is 0.523. The van der Waals surface area contributed by atoms with Crippen LogP contribution >= 0.6 is 0 Å². The third-order valence-corrected chi connectivity index (χ3v) is 3.32. The van der Waals surface area contributed by atoms with Gasteiger partial charge in [-0.05, 0) is 43.9 Å². The lowest BCUT2D eigenvalue weighted by molar-refractivity contribution is 0.0690. The normalized spacial score (nSPS) is 12.2. The summed E-state index contributed by atoms with van der Waals surface area (Å²) in [4.78, 5) is 16.9. The Morgan fingerprint density at radius 2 is 1.95 bits per heavy atom. The number of aromatic nitrogens is 1. The number of carboxylic acid groups (broad SMARTS) is 1. The van der Waals surface area contributed by atoms with Crippen LogP contribution in [-0.2, 0) is 0 Å². The number of aromatic carboxylic acids is 1. The number of carboxylic acids is 1. The van der Waals surface area contributed by atoms with Gasteiger partial charge in [-0.15, -0.1) is 0 Å². The Bertz CT molecular complexity index is 644. The van der Waals surface area contributed by atoms with Gasteiger partial charge in [-0.25, -0.2) is 14.2 Å². The first-order valence-corrected chi connectivity index (χ1v) is 6.83. The van der Waals surface area contributed by atoms with Crippen LogP contribution in [0, 0.1) is 5.82 Å². The molecule has 1 aromatic heterocycles. The number of anilines is 1. The van der Waals surface area contributed by atoms with Crippen LogP contribution in [0.15, 0.2) is 42.5 Å². The van der Waals surface area contributed by atoms with Gasteiger partial charge in [-0.1, -0.05) is 18.2 Å². The molecule has 1 heterocycles. The first kappa shape index (κ1) is 15.9. The molecule has 116 valence electrons. The monoisotopic (exact) mass is 303 g/mol. The van der Waals surface area contributed by atoms with Crippen molar-refractivity contribution in [2.24, 2.45) is 0 Å². The van der Waals surface area contributed by atoms with E-state index in [1.54, 1.807) is 24.3 Å². The van der Waals surface area contributed by atoms with Crippen LogP contribution in [0.5, 0.6) is 0 Å². The molecule has 0 bridgehead atoms. The highest BCUT2D eigenvalue weighted by Crippen LogP contribution is 2.19. The summed E-state index contributed by atoms with van der Waals surface area (Å²) in [7, 11) is 3.85. The van der Waals surface area contributed by atoms with E-state index in [1.807, 2.05) is 19.0 Å². The number of likely N-dealkylation sites (N-methyl/N-ethyl adjacent to an activating group) is 1. The van der Waals surface area contributed by atoms with Gasteiger partial charge < -0.3 is 15.3 Å². The summed E-state index contributed by atoms with van der Waals surface area (Å²) >= 11 is 0. The van der Waals surface area contributed by atoms with Crippen molar-refractivity contribution in [1.29, 1.82) is 0 Å². The van der Waals surface area contributed by atoms with Gasteiger partial charge in [0.15, 0.2) is 5.69 Å². The van der Waals surface area contributed by atoms with E-state index < -0.39 is 5.97 Å². The smallest absolute Gasteiger partial charge is 0.354 e. The van der Waals surface area contributed by atoms with Crippen LogP contribution in [0.2, 0.25) is 0 Å². The third kappa shape index (κ3) is 4.02. The zero-order valence-electron chi connectivity index (χ0n) is 12.5. The minimum atomic E-state index is -1.06. The molecule has 2 N–H and O–H groups in total. The Kier molecular flexibility index (Phi) is 5.06. The lowest BCUT2D eigenvalue weighted by atomic mass is 10.1. The molecule has 0 radical (unpaired) electrons. The second-order valence-electron chi connectivity index (χ2n) is 5.13. The molecular formula is C16H18FN3O2. The van der Waals surface area contributed by atoms with Crippen LogP contribution in [0.3, 0.4) is 0 Å². The molecule has 1 atom stereocenters. The van der Waals surface area contributed by atoms with E-state index in [9.17, 15) is 9.18 Å². The molecule has 0 saturated heterocycles. The van der Waals surface area contributed by atoms with Gasteiger partial charge in [-0.3, -0.25) is 0 Å². The maximum absolute atomic E-state index is 13.0. The zero-order chi connectivity index (χ0) is 16.1. The van der Waals surface area contributed by atoms with Crippen LogP contribution in [0.25, 0.3) is 0 Å². The SMILES string of the molecule is CN(C)C(CNc1cccc(C(=O)O)n1)c1ccc(F)cc1. The van der Waals surface area contributed by atoms with Crippen molar-refractivity contribution in [1.82, 2.24) is 9.88 Å². The predicted octanol–water partition coefficient (Wildman–Crippen LogP) is 2.63. The summed E-state index contributed by atoms with van der Waals surface area (Å²) in [5, 5.41) is 12.1. The molecule has 0 spiro atoms. The Morgan fingerprint density at radius 3 is 2.55 bits per heavy atom. The molecular weight excluding hydrogens is 285 g/mol. The molecule has 0 saturated carbocycles. The molecule has 1 unspecified atom stereocenters. The lowest BCUT2D eigenvalue weighted by Crippen LogP contribution is -2.27. The predicted molar refractivity (Wildman–Crippen MR) is 82.5 cm³/mol. The van der Waals surface area contributed by atoms with E-state index in [1.165, 1.54) is 18.2 Å². The fourth-order valence-electron chi connectivity index (χ4n) is 2.14. The Hall–Kier alpha value is -2.47. The second kappa shape index (κ2) is 7.00. The Balaban J connectivity index is 2.11. The standard InChI is InChI=1S/C16H18FN3O2/c1-20(2)14(11-6-8-12(17)9-7-11)10-18-15-5-3-4-13(19-15)16(21)22/h3-9,14H,10H2,1-2H3,(H,18,19)(H,21,22). The van der Waals surface area contributed by atoms with E-state index in [0.29, 0.717) is 12.4 Å². The van der Waals surface area contributed by atoms with E-state index in [-0.39, 0.29) is 17.6 Å². The van der Waals surface area contributed by atoms with E-state index in [2.05, 4.69) is 10.3 Å². The molecule has 22 heavy (non-hydrogen) atoms. The molecule has 0 aliphatic heterocycles. The zero-order valence-corrected chi connectivity index (χ0v) is 12.5. The molecule has 1 aromatic carbocycles. The number of hydrogen-bond acceptors (Lipinski definition) is 4. The molecule has 0 amide bonds. The molecule has 6 heteroatoms. The molecule has 5 nitrogen and oxygen atoms in total. The number of nitrogens with zero attached hydrogens (tertiary/aromatic N) is 2. The van der Waals surface area contributed by atoms with Crippen LogP contribution in [0.1, 0.15) is 22.1 Å². The quantitative estimate of drug-likeness (QED) is 0.859. The number of carbonyl (C=O) groups is 1. The maximum Gasteiger partial charge on any atom is 0.354 e. The highest BCUT2D eigenvalue weighted by Gasteiger charge is 2.14. The summed E-state index contributed by atoms with van der Waals surface area (Å²) in [5.41, 5.74) is 0.960. The van der Waals surface area contributed by atoms with Crippen LogP contribution in [0.4, 0.5) is 10.2 Å². The highest BCUT2D eigenvalue weighted by atomic mass is 19.1. The fraction of sp³-hybridized carbons (Fsp3) is 0.250. The van der Waals surface area contributed by atoms with Crippen LogP contribution in [-0.4, -0.2) is 41.6 Å². The van der Waals surface area contributed by atoms with Crippen molar-refractivity contribution in [2.45, 2.75) is 6.04 Å². The van der Waals surface area contributed by atoms with Gasteiger partial charge >= 0.3 is 5.97 Å². The third-order valence-electron chi connectivity index (χ3n) is 3.32. The second-order valence-corrected chi connectivity index (χ2v) is 5.13. The molecule has 2 rings (SSSR count). The average Bonchev–Trinajstić information content (AvgIpc) is 2.49. The minimum absolute atomic E-state index is 0.00631. The Labute approximate surface area is 128 Å². The topological polar surface area (TPSA) is 65.5 Å². The van der Waals surface area contributed by atoms with Crippen molar-refractivity contribution in [2.75, 3.05) is 26.0 Å². The maximum atomic E-state index is 13.0. The molecule has 2 aromatic rings. The van der Waals surface area contributed by atoms with Crippen molar-refractivity contribution < 1.29 is 14.3 Å². The average molecular weight is 303 g/mol. The number of halogens is 1. The minimum Gasteiger partial charge on any atom is -0.477 e. The van der Waals surface area contributed by atoms with Gasteiger partial charge in [0, 0.05) is 6.54 Å². The van der Waals surface area contributed by atoms with Crippen molar-refractivity contribution in [3.63, 3.8) is 0 Å². The highest BCUT2D eigenvalue weighted by molar-refractivity contribution is 5.85. The van der Waals surface area contributed by atoms with Gasteiger partial charge in [0.05, 0.1) is 6.04 Å². The van der Waals surface area contributed by atoms with Crippen molar-refractivity contribution in [3.8, 4) is 0 Å². The van der Waals surface area contributed by atoms with Crippen molar-refractivity contribution >= 4 is 11.8 Å². The molecule has 0 aliphatic rings. The van der Waals surface area contributed by atoms with Gasteiger partial charge in [0.25, 0.3) is 0 Å². The Morgan fingerprint density at radius 1 is 1.27 bits per heavy atom. The largest absolute Gasteiger partial charge is 0.477 e. The van der Waals surface area contributed by atoms with Crippen molar-refractivity contribution in [3.05, 3.63) is 59.5 Å². The fourth-order valence-corrected chi connectivity index (χ4v) is 2.14. The first-order valence-electron chi connectivity index (χ1n) is 6.83.